The zero-order valence-electron chi connectivity index (χ0n) is 19.0. The number of benzene rings is 1. The Morgan fingerprint density at radius 1 is 1.21 bits per heavy atom. The first kappa shape index (κ1) is 24.1. The standard InChI is InChI=1S/C25H31F3N2O2S/c1-2-11-29-15-23(31)30-12-10-18-13-19(8-9-22(18)30)32-16-20-14-21(17-6-4-3-5-7-17)24(33-20)25(26,27)28/h8-9,13-14,17,29H,2-7,10-12,15-16H2,1H3. The lowest BCUT2D eigenvalue weighted by atomic mass is 9.84. The normalized spacial score (nSPS) is 16.8. The summed E-state index contributed by atoms with van der Waals surface area (Å²) in [6, 6.07) is 7.28. The van der Waals surface area contributed by atoms with Crippen LogP contribution in [0.1, 0.15) is 72.2 Å². The Bertz CT molecular complexity index is 967. The summed E-state index contributed by atoms with van der Waals surface area (Å²) < 4.78 is 46.9. The smallest absolute Gasteiger partial charge is 0.425 e. The molecule has 33 heavy (non-hydrogen) atoms. The van der Waals surface area contributed by atoms with Crippen molar-refractivity contribution in [3.8, 4) is 5.75 Å². The van der Waals surface area contributed by atoms with Gasteiger partial charge in [-0.1, -0.05) is 26.2 Å². The van der Waals surface area contributed by atoms with Crippen LogP contribution in [0.25, 0.3) is 0 Å². The highest BCUT2D eigenvalue weighted by Crippen LogP contribution is 2.45. The van der Waals surface area contributed by atoms with Gasteiger partial charge in [-0.2, -0.15) is 13.2 Å². The van der Waals surface area contributed by atoms with Crippen molar-refractivity contribution in [1.82, 2.24) is 5.32 Å². The molecule has 4 rings (SSSR count). The Kier molecular flexibility index (Phi) is 7.64. The minimum absolute atomic E-state index is 0.00398. The molecule has 1 aromatic carbocycles. The molecule has 0 radical (unpaired) electrons. The molecule has 2 aromatic rings. The van der Waals surface area contributed by atoms with E-state index in [2.05, 4.69) is 12.2 Å². The van der Waals surface area contributed by atoms with Crippen molar-refractivity contribution in [3.05, 3.63) is 45.1 Å². The summed E-state index contributed by atoms with van der Waals surface area (Å²) in [5, 5.41) is 3.14. The highest BCUT2D eigenvalue weighted by atomic mass is 32.1. The Morgan fingerprint density at radius 3 is 2.73 bits per heavy atom. The van der Waals surface area contributed by atoms with Crippen LogP contribution in [0.3, 0.4) is 0 Å². The molecular weight excluding hydrogens is 449 g/mol. The number of carbonyl (C=O) groups is 1. The van der Waals surface area contributed by atoms with E-state index in [-0.39, 0.29) is 18.4 Å². The summed E-state index contributed by atoms with van der Waals surface area (Å²) in [5.41, 5.74) is 2.37. The second-order valence-electron chi connectivity index (χ2n) is 8.88. The molecule has 1 aromatic heterocycles. The molecular formula is C25H31F3N2O2S. The van der Waals surface area contributed by atoms with E-state index < -0.39 is 11.1 Å². The van der Waals surface area contributed by atoms with Crippen molar-refractivity contribution in [2.45, 2.75) is 70.6 Å². The van der Waals surface area contributed by atoms with Gasteiger partial charge in [0.15, 0.2) is 0 Å². The SMILES string of the molecule is CCCNCC(=O)N1CCc2cc(OCc3cc(C4CCCCC4)c(C(F)(F)F)s3)ccc21. The maximum Gasteiger partial charge on any atom is 0.425 e. The largest absolute Gasteiger partial charge is 0.488 e. The van der Waals surface area contributed by atoms with Gasteiger partial charge in [0, 0.05) is 17.1 Å². The van der Waals surface area contributed by atoms with Gasteiger partial charge in [-0.25, -0.2) is 0 Å². The number of anilines is 1. The lowest BCUT2D eigenvalue weighted by Crippen LogP contribution is -2.37. The van der Waals surface area contributed by atoms with E-state index in [1.165, 1.54) is 0 Å². The average Bonchev–Trinajstić information content (AvgIpc) is 3.42. The summed E-state index contributed by atoms with van der Waals surface area (Å²) >= 11 is 0.809. The van der Waals surface area contributed by atoms with Crippen LogP contribution in [-0.2, 0) is 24.0 Å². The van der Waals surface area contributed by atoms with Crippen molar-refractivity contribution < 1.29 is 22.7 Å². The molecule has 2 heterocycles. The van der Waals surface area contributed by atoms with Gasteiger partial charge in [0.2, 0.25) is 5.91 Å². The minimum Gasteiger partial charge on any atom is -0.488 e. The summed E-state index contributed by atoms with van der Waals surface area (Å²) in [4.78, 5) is 14.4. The van der Waals surface area contributed by atoms with E-state index in [1.807, 2.05) is 12.1 Å². The van der Waals surface area contributed by atoms with Gasteiger partial charge >= 0.3 is 6.18 Å². The van der Waals surface area contributed by atoms with Crippen molar-refractivity contribution in [2.24, 2.45) is 0 Å². The number of alkyl halides is 3. The highest BCUT2D eigenvalue weighted by Gasteiger charge is 2.38. The molecule has 1 aliphatic carbocycles. The fourth-order valence-corrected chi connectivity index (χ4v) is 5.84. The van der Waals surface area contributed by atoms with E-state index >= 15 is 0 Å². The molecule has 1 fully saturated rings. The first-order chi connectivity index (χ1) is 15.9. The van der Waals surface area contributed by atoms with Gasteiger partial charge in [0.1, 0.15) is 17.2 Å². The quantitative estimate of drug-likeness (QED) is 0.452. The van der Waals surface area contributed by atoms with Gasteiger partial charge in [0.05, 0.1) is 6.54 Å². The number of hydrogen-bond acceptors (Lipinski definition) is 4. The van der Waals surface area contributed by atoms with Gasteiger partial charge < -0.3 is 15.0 Å². The van der Waals surface area contributed by atoms with Crippen molar-refractivity contribution in [3.63, 3.8) is 0 Å². The maximum atomic E-state index is 13.7. The molecule has 0 unspecified atom stereocenters. The monoisotopic (exact) mass is 480 g/mol. The number of nitrogens with one attached hydrogen (secondary N) is 1. The lowest BCUT2D eigenvalue weighted by Gasteiger charge is -2.22. The van der Waals surface area contributed by atoms with Crippen LogP contribution in [0.5, 0.6) is 5.75 Å². The van der Waals surface area contributed by atoms with Crippen molar-refractivity contribution in [2.75, 3.05) is 24.5 Å². The third kappa shape index (κ3) is 5.72. The number of thiophene rings is 1. The minimum atomic E-state index is -4.33. The van der Waals surface area contributed by atoms with Crippen molar-refractivity contribution in [1.29, 1.82) is 0 Å². The van der Waals surface area contributed by atoms with Crippen LogP contribution in [0, 0.1) is 0 Å². The second-order valence-corrected chi connectivity index (χ2v) is 10.0. The number of rotatable bonds is 8. The Morgan fingerprint density at radius 2 is 2.00 bits per heavy atom. The van der Waals surface area contributed by atoms with E-state index in [9.17, 15) is 18.0 Å². The Hall–Kier alpha value is -2.06. The number of fused-ring (bicyclic) bond motifs is 1. The number of halogens is 3. The van der Waals surface area contributed by atoms with Crippen LogP contribution in [0.15, 0.2) is 24.3 Å². The van der Waals surface area contributed by atoms with Crippen LogP contribution in [0.2, 0.25) is 0 Å². The second kappa shape index (κ2) is 10.5. The molecule has 0 atom stereocenters. The van der Waals surface area contributed by atoms with Gasteiger partial charge in [-0.05, 0) is 73.5 Å². The molecule has 2 aliphatic rings. The van der Waals surface area contributed by atoms with Gasteiger partial charge in [0.25, 0.3) is 0 Å². The van der Waals surface area contributed by atoms with Crippen LogP contribution >= 0.6 is 11.3 Å². The average molecular weight is 481 g/mol. The molecule has 180 valence electrons. The lowest BCUT2D eigenvalue weighted by molar-refractivity contribution is -0.135. The number of carbonyl (C=O) groups excluding carboxylic acids is 1. The van der Waals surface area contributed by atoms with Crippen molar-refractivity contribution >= 4 is 22.9 Å². The van der Waals surface area contributed by atoms with E-state index in [0.717, 1.165) is 74.1 Å². The van der Waals surface area contributed by atoms with E-state index in [0.29, 0.717) is 29.3 Å². The molecule has 0 saturated heterocycles. The van der Waals surface area contributed by atoms with Crippen LogP contribution in [0.4, 0.5) is 18.9 Å². The first-order valence-corrected chi connectivity index (χ1v) is 12.6. The predicted octanol–water partition coefficient (Wildman–Crippen LogP) is 6.28. The molecule has 1 saturated carbocycles. The third-order valence-corrected chi connectivity index (χ3v) is 7.62. The summed E-state index contributed by atoms with van der Waals surface area (Å²) in [5.74, 6) is 0.661. The third-order valence-electron chi connectivity index (χ3n) is 6.45. The molecule has 0 spiro atoms. The fourth-order valence-electron chi connectivity index (χ4n) is 4.82. The number of amides is 1. The molecule has 0 bridgehead atoms. The van der Waals surface area contributed by atoms with Crippen LogP contribution < -0.4 is 15.0 Å². The maximum absolute atomic E-state index is 13.7. The number of nitrogens with zero attached hydrogens (tertiary/aromatic N) is 1. The molecule has 8 heteroatoms. The van der Waals surface area contributed by atoms with E-state index in [4.69, 9.17) is 4.74 Å². The molecule has 1 N–H and O–H groups in total. The molecule has 4 nitrogen and oxygen atoms in total. The van der Waals surface area contributed by atoms with Gasteiger partial charge in [-0.3, -0.25) is 4.79 Å². The summed E-state index contributed by atoms with van der Waals surface area (Å²) in [6.07, 6.45) is 2.14. The number of hydrogen-bond donors (Lipinski definition) is 1. The van der Waals surface area contributed by atoms with Gasteiger partial charge in [-0.15, -0.1) is 11.3 Å². The first-order valence-electron chi connectivity index (χ1n) is 11.8. The Labute approximate surface area is 197 Å². The number of ether oxygens (including phenoxy) is 1. The highest BCUT2D eigenvalue weighted by molar-refractivity contribution is 7.12. The predicted molar refractivity (Wildman–Crippen MR) is 125 cm³/mol. The fraction of sp³-hybridized carbons (Fsp3) is 0.560. The zero-order valence-corrected chi connectivity index (χ0v) is 19.8. The molecule has 1 aliphatic heterocycles. The zero-order chi connectivity index (χ0) is 23.4. The summed E-state index contributed by atoms with van der Waals surface area (Å²) in [6.45, 7) is 3.93. The summed E-state index contributed by atoms with van der Waals surface area (Å²) in [7, 11) is 0. The van der Waals surface area contributed by atoms with Crippen LogP contribution in [-0.4, -0.2) is 25.5 Å². The van der Waals surface area contributed by atoms with E-state index in [1.54, 1.807) is 17.0 Å². The Balaban J connectivity index is 1.43. The topological polar surface area (TPSA) is 41.6 Å². The molecule has 1 amide bonds.